The van der Waals surface area contributed by atoms with E-state index in [-0.39, 0.29) is 11.5 Å². The Hall–Kier alpha value is -7.46. The van der Waals surface area contributed by atoms with E-state index in [0.717, 1.165) is 22.7 Å². The van der Waals surface area contributed by atoms with Crippen LogP contribution in [0, 0.1) is 0 Å². The first-order valence-corrected chi connectivity index (χ1v) is 22.7. The van der Waals surface area contributed by atoms with Crippen LogP contribution in [0.25, 0.3) is 65.2 Å². The van der Waals surface area contributed by atoms with Crippen molar-refractivity contribution in [1.82, 2.24) is 0 Å². The number of nitrogens with zero attached hydrogens (tertiary/aromatic N) is 1. The Kier molecular flexibility index (Phi) is 8.81. The molecule has 300 valence electrons. The molecule has 9 aromatic carbocycles. The Morgan fingerprint density at radius 2 is 1.10 bits per heavy atom. The molecule has 1 aromatic heterocycles. The van der Waals surface area contributed by atoms with E-state index in [1.165, 1.54) is 86.9 Å². The van der Waals surface area contributed by atoms with Gasteiger partial charge in [-0.3, -0.25) is 0 Å². The van der Waals surface area contributed by atoms with E-state index in [9.17, 15) is 0 Å². The lowest BCUT2D eigenvalue weighted by Crippen LogP contribution is -2.18. The Labute approximate surface area is 373 Å². The molecule has 10 aromatic rings. The summed E-state index contributed by atoms with van der Waals surface area (Å²) in [6.07, 6.45) is 2.39. The maximum atomic E-state index is 3.99. The molecule has 2 nitrogen and oxygen atoms in total. The fourth-order valence-corrected chi connectivity index (χ4v) is 11.5. The van der Waals surface area contributed by atoms with Crippen molar-refractivity contribution >= 4 is 65.9 Å². The third kappa shape index (κ3) is 6.22. The molecule has 2 heterocycles. The van der Waals surface area contributed by atoms with Gasteiger partial charge >= 0.3 is 0 Å². The van der Waals surface area contributed by atoms with Crippen LogP contribution >= 0.6 is 11.3 Å². The third-order valence-electron chi connectivity index (χ3n) is 13.3. The van der Waals surface area contributed by atoms with E-state index < -0.39 is 0 Å². The summed E-state index contributed by atoms with van der Waals surface area (Å²) < 4.78 is 2.65. The maximum absolute atomic E-state index is 3.99. The Bertz CT molecular complexity index is 3410. The monoisotopic (exact) mass is 824 g/mol. The molecule has 12 rings (SSSR count). The summed E-state index contributed by atoms with van der Waals surface area (Å²) in [7, 11) is 0. The minimum Gasteiger partial charge on any atom is -0.374 e. The number of fused-ring (bicyclic) bond motifs is 7. The quantitative estimate of drug-likeness (QED) is 0.172. The zero-order chi connectivity index (χ0) is 42.1. The first kappa shape index (κ1) is 37.3. The van der Waals surface area contributed by atoms with Crippen molar-refractivity contribution in [3.8, 4) is 33.4 Å². The summed E-state index contributed by atoms with van der Waals surface area (Å²) in [5.74, 6) is 0. The van der Waals surface area contributed by atoms with Crippen LogP contribution in [0.2, 0.25) is 0 Å². The fourth-order valence-electron chi connectivity index (χ4n) is 10.2. The summed E-state index contributed by atoms with van der Waals surface area (Å²) in [6.45, 7) is 4.73. The van der Waals surface area contributed by atoms with Gasteiger partial charge < -0.3 is 10.2 Å². The van der Waals surface area contributed by atoms with Crippen LogP contribution in [0.3, 0.4) is 0 Å². The summed E-state index contributed by atoms with van der Waals surface area (Å²) >= 11 is 1.88. The lowest BCUT2D eigenvalue weighted by atomic mass is 9.82. The second-order valence-corrected chi connectivity index (χ2v) is 18.4. The molecule has 63 heavy (non-hydrogen) atoms. The van der Waals surface area contributed by atoms with Gasteiger partial charge in [-0.2, -0.15) is 0 Å². The van der Waals surface area contributed by atoms with Gasteiger partial charge in [0.05, 0.1) is 6.04 Å². The van der Waals surface area contributed by atoms with Crippen LogP contribution in [0.5, 0.6) is 0 Å². The number of anilines is 4. The lowest BCUT2D eigenvalue weighted by molar-refractivity contribution is 0.660. The Morgan fingerprint density at radius 1 is 0.460 bits per heavy atom. The van der Waals surface area contributed by atoms with E-state index in [4.69, 9.17) is 0 Å². The van der Waals surface area contributed by atoms with E-state index in [0.29, 0.717) is 0 Å². The number of benzene rings is 9. The van der Waals surface area contributed by atoms with Gasteiger partial charge in [-0.05, 0) is 121 Å². The van der Waals surface area contributed by atoms with E-state index in [1.54, 1.807) is 0 Å². The highest BCUT2D eigenvalue weighted by atomic mass is 32.1. The van der Waals surface area contributed by atoms with E-state index in [2.05, 4.69) is 242 Å². The molecule has 1 N–H and O–H groups in total. The highest BCUT2D eigenvalue weighted by molar-refractivity contribution is 7.26. The molecule has 1 unspecified atom stereocenters. The van der Waals surface area contributed by atoms with E-state index in [1.807, 2.05) is 11.3 Å². The molecule has 0 bridgehead atoms. The normalized spacial score (nSPS) is 14.7. The van der Waals surface area contributed by atoms with E-state index >= 15 is 0 Å². The van der Waals surface area contributed by atoms with Crippen molar-refractivity contribution in [2.45, 2.75) is 25.3 Å². The standard InChI is InChI=1S/C60H44N2S/c1-60(2)54-27-11-9-22-48(54)49-35-34-45(38-55(49)60)62(43-32-30-40(31-33-43)47-25-15-26-52-50-23-10-13-29-57(50)63-59(47)52)44-20-14-19-41(36-44)53-37-42-18-6-12-28-56(42)61-58(53)51-24-8-7-21-46(51)39-16-4-3-5-17-39/h3-38,58,61H,1-2H3. The summed E-state index contributed by atoms with van der Waals surface area (Å²) in [5, 5.41) is 6.63. The molecule has 0 saturated carbocycles. The van der Waals surface area contributed by atoms with Gasteiger partial charge in [-0.25, -0.2) is 0 Å². The molecule has 3 heteroatoms. The molecule has 0 saturated heterocycles. The fraction of sp³-hybridized carbons (Fsp3) is 0.0667. The summed E-state index contributed by atoms with van der Waals surface area (Å²) in [5.41, 5.74) is 19.5. The predicted molar refractivity (Wildman–Crippen MR) is 270 cm³/mol. The predicted octanol–water partition coefficient (Wildman–Crippen LogP) is 16.9. The van der Waals surface area contributed by atoms with Gasteiger partial charge in [0.2, 0.25) is 0 Å². The third-order valence-corrected chi connectivity index (χ3v) is 14.6. The highest BCUT2D eigenvalue weighted by Gasteiger charge is 2.36. The molecule has 1 aliphatic heterocycles. The van der Waals surface area contributed by atoms with Gasteiger partial charge in [0.1, 0.15) is 0 Å². The smallest absolute Gasteiger partial charge is 0.0779 e. The van der Waals surface area contributed by atoms with Crippen LogP contribution in [0.15, 0.2) is 212 Å². The second kappa shape index (κ2) is 14.9. The molecular formula is C60H44N2S. The maximum Gasteiger partial charge on any atom is 0.0779 e. The number of nitrogens with one attached hydrogen (secondary N) is 1. The van der Waals surface area contributed by atoms with Crippen LogP contribution in [0.1, 0.15) is 47.7 Å². The molecule has 0 fully saturated rings. The first-order valence-electron chi connectivity index (χ1n) is 21.9. The SMILES string of the molecule is CC1(C)c2ccccc2-c2ccc(N(c3ccc(-c4cccc5c4sc4ccccc45)cc3)c3cccc(C4=Cc5ccccc5NC4c4ccccc4-c4ccccc4)c3)cc21. The topological polar surface area (TPSA) is 15.3 Å². The lowest BCUT2D eigenvalue weighted by Gasteiger charge is -2.32. The van der Waals surface area contributed by atoms with Gasteiger partial charge in [0.15, 0.2) is 0 Å². The van der Waals surface area contributed by atoms with Crippen molar-refractivity contribution in [3.63, 3.8) is 0 Å². The Balaban J connectivity index is 1.01. The molecular weight excluding hydrogens is 781 g/mol. The number of hydrogen-bond donors (Lipinski definition) is 1. The van der Waals surface area contributed by atoms with Crippen molar-refractivity contribution in [3.05, 3.63) is 240 Å². The highest BCUT2D eigenvalue weighted by Crippen LogP contribution is 2.51. The average Bonchev–Trinajstić information content (AvgIpc) is 3.83. The van der Waals surface area contributed by atoms with Crippen molar-refractivity contribution in [1.29, 1.82) is 0 Å². The number of para-hydroxylation sites is 1. The molecule has 0 spiro atoms. The Morgan fingerprint density at radius 3 is 1.98 bits per heavy atom. The minimum absolute atomic E-state index is 0.0739. The van der Waals surface area contributed by atoms with Crippen molar-refractivity contribution < 1.29 is 0 Å². The summed E-state index contributed by atoms with van der Waals surface area (Å²) in [4.78, 5) is 2.45. The molecule has 1 aliphatic carbocycles. The zero-order valence-corrected chi connectivity index (χ0v) is 36.0. The van der Waals surface area contributed by atoms with Crippen LogP contribution in [0.4, 0.5) is 22.7 Å². The number of rotatable bonds is 7. The average molecular weight is 825 g/mol. The molecule has 1 atom stereocenters. The first-order chi connectivity index (χ1) is 31.0. The number of thiophene rings is 1. The van der Waals surface area contributed by atoms with Crippen LogP contribution < -0.4 is 10.2 Å². The summed E-state index contributed by atoms with van der Waals surface area (Å²) in [6, 6.07) is 78.0. The molecule has 0 amide bonds. The van der Waals surface area contributed by atoms with Gasteiger partial charge in [0, 0.05) is 48.3 Å². The molecule has 0 radical (unpaired) electrons. The van der Waals surface area contributed by atoms with Crippen molar-refractivity contribution in [2.75, 3.05) is 10.2 Å². The van der Waals surface area contributed by atoms with Crippen LogP contribution in [-0.4, -0.2) is 0 Å². The zero-order valence-electron chi connectivity index (χ0n) is 35.2. The van der Waals surface area contributed by atoms with Gasteiger partial charge in [-0.1, -0.05) is 178 Å². The molecule has 2 aliphatic rings. The van der Waals surface area contributed by atoms with Crippen molar-refractivity contribution in [2.24, 2.45) is 0 Å². The second-order valence-electron chi connectivity index (χ2n) is 17.3. The largest absolute Gasteiger partial charge is 0.374 e. The number of hydrogen-bond acceptors (Lipinski definition) is 3. The van der Waals surface area contributed by atoms with Crippen LogP contribution in [-0.2, 0) is 5.41 Å². The van der Waals surface area contributed by atoms with Gasteiger partial charge in [0.25, 0.3) is 0 Å². The van der Waals surface area contributed by atoms with Gasteiger partial charge in [-0.15, -0.1) is 11.3 Å². The minimum atomic E-state index is -0.131.